The smallest absolute Gasteiger partial charge is 0.407 e. The van der Waals surface area contributed by atoms with Crippen LogP contribution in [-0.2, 0) is 11.3 Å². The van der Waals surface area contributed by atoms with Crippen molar-refractivity contribution in [2.75, 3.05) is 6.54 Å². The third-order valence-corrected chi connectivity index (χ3v) is 3.36. The van der Waals surface area contributed by atoms with E-state index < -0.39 is 11.7 Å². The monoisotopic (exact) mass is 249 g/mol. The molecule has 4 heteroatoms. The van der Waals surface area contributed by atoms with Crippen molar-refractivity contribution in [1.29, 1.82) is 0 Å². The summed E-state index contributed by atoms with van der Waals surface area (Å²) >= 11 is 0. The molecule has 0 bridgehead atoms. The van der Waals surface area contributed by atoms with Crippen LogP contribution in [0.15, 0.2) is 30.3 Å². The maximum atomic E-state index is 11.4. The lowest BCUT2D eigenvalue weighted by atomic mass is 9.78. The van der Waals surface area contributed by atoms with Crippen LogP contribution in [0, 0.1) is 0 Å². The summed E-state index contributed by atoms with van der Waals surface area (Å²) in [6.45, 7) is 0.737. The molecule has 1 aromatic carbocycles. The summed E-state index contributed by atoms with van der Waals surface area (Å²) in [5.41, 5.74) is 0.414. The van der Waals surface area contributed by atoms with Gasteiger partial charge in [0.1, 0.15) is 6.61 Å². The molecule has 4 nitrogen and oxygen atoms in total. The van der Waals surface area contributed by atoms with E-state index in [1.165, 1.54) is 0 Å². The summed E-state index contributed by atoms with van der Waals surface area (Å²) < 4.78 is 5.06. The Morgan fingerprint density at radius 1 is 1.33 bits per heavy atom. The zero-order chi connectivity index (χ0) is 12.8. The van der Waals surface area contributed by atoms with Crippen molar-refractivity contribution in [2.24, 2.45) is 0 Å². The standard InChI is InChI=1S/C14H19NO3/c16-13(15-10-9-14(17)7-4-8-14)18-11-12-5-2-1-3-6-12/h1-3,5-6,17H,4,7-11H2,(H,15,16). The first kappa shape index (κ1) is 12.9. The molecule has 2 rings (SSSR count). The van der Waals surface area contributed by atoms with Gasteiger partial charge in [0.2, 0.25) is 0 Å². The highest BCUT2D eigenvalue weighted by molar-refractivity contribution is 5.67. The third kappa shape index (κ3) is 3.74. The number of hydrogen-bond donors (Lipinski definition) is 2. The van der Waals surface area contributed by atoms with E-state index in [0.29, 0.717) is 13.0 Å². The second-order valence-electron chi connectivity index (χ2n) is 4.82. The number of carbonyl (C=O) groups is 1. The first-order valence-electron chi connectivity index (χ1n) is 6.35. The Bertz CT molecular complexity index is 387. The maximum absolute atomic E-state index is 11.4. The Kier molecular flexibility index (Phi) is 4.20. The van der Waals surface area contributed by atoms with Crippen LogP contribution >= 0.6 is 0 Å². The Morgan fingerprint density at radius 3 is 2.67 bits per heavy atom. The minimum atomic E-state index is -0.549. The van der Waals surface area contributed by atoms with Crippen LogP contribution in [0.1, 0.15) is 31.2 Å². The SMILES string of the molecule is O=C(NCCC1(O)CCC1)OCc1ccccc1. The molecule has 1 amide bonds. The molecule has 0 heterocycles. The molecular formula is C14H19NO3. The Balaban J connectivity index is 1.60. The summed E-state index contributed by atoms with van der Waals surface area (Å²) in [4.78, 5) is 11.4. The Morgan fingerprint density at radius 2 is 2.06 bits per heavy atom. The first-order valence-corrected chi connectivity index (χ1v) is 6.35. The third-order valence-electron chi connectivity index (χ3n) is 3.36. The number of aliphatic hydroxyl groups is 1. The van der Waals surface area contributed by atoms with Gasteiger partial charge in [-0.05, 0) is 31.2 Å². The van der Waals surface area contributed by atoms with Crippen molar-refractivity contribution in [3.05, 3.63) is 35.9 Å². The number of carbonyl (C=O) groups excluding carboxylic acids is 1. The number of ether oxygens (including phenoxy) is 1. The van der Waals surface area contributed by atoms with Gasteiger partial charge in [-0.1, -0.05) is 30.3 Å². The lowest BCUT2D eigenvalue weighted by Gasteiger charge is -2.36. The fraction of sp³-hybridized carbons (Fsp3) is 0.500. The van der Waals surface area contributed by atoms with Gasteiger partial charge in [0.05, 0.1) is 5.60 Å². The van der Waals surface area contributed by atoms with Crippen LogP contribution in [0.5, 0.6) is 0 Å². The minimum Gasteiger partial charge on any atom is -0.445 e. The van der Waals surface area contributed by atoms with E-state index in [1.54, 1.807) is 0 Å². The maximum Gasteiger partial charge on any atom is 0.407 e. The molecule has 1 aliphatic carbocycles. The quantitative estimate of drug-likeness (QED) is 0.841. The van der Waals surface area contributed by atoms with E-state index in [1.807, 2.05) is 30.3 Å². The Labute approximate surface area is 107 Å². The van der Waals surface area contributed by atoms with E-state index in [0.717, 1.165) is 24.8 Å². The van der Waals surface area contributed by atoms with Gasteiger partial charge in [0.25, 0.3) is 0 Å². The van der Waals surface area contributed by atoms with Crippen molar-refractivity contribution >= 4 is 6.09 Å². The molecule has 1 aliphatic rings. The van der Waals surface area contributed by atoms with Gasteiger partial charge >= 0.3 is 6.09 Å². The summed E-state index contributed by atoms with van der Waals surface area (Å²) in [5.74, 6) is 0. The van der Waals surface area contributed by atoms with Crippen LogP contribution in [0.3, 0.4) is 0 Å². The first-order chi connectivity index (χ1) is 8.68. The molecule has 0 aliphatic heterocycles. The second-order valence-corrected chi connectivity index (χ2v) is 4.82. The molecule has 2 N–H and O–H groups in total. The van der Waals surface area contributed by atoms with Gasteiger partial charge in [-0.3, -0.25) is 0 Å². The number of hydrogen-bond acceptors (Lipinski definition) is 3. The van der Waals surface area contributed by atoms with Gasteiger partial charge in [-0.15, -0.1) is 0 Å². The summed E-state index contributed by atoms with van der Waals surface area (Å²) in [7, 11) is 0. The zero-order valence-corrected chi connectivity index (χ0v) is 10.4. The average molecular weight is 249 g/mol. The van der Waals surface area contributed by atoms with Crippen molar-refractivity contribution in [3.8, 4) is 0 Å². The molecule has 1 aromatic rings. The number of rotatable bonds is 5. The molecular weight excluding hydrogens is 230 g/mol. The van der Waals surface area contributed by atoms with Crippen LogP contribution < -0.4 is 5.32 Å². The normalized spacial score (nSPS) is 16.7. The van der Waals surface area contributed by atoms with Gasteiger partial charge in [-0.25, -0.2) is 4.79 Å². The van der Waals surface area contributed by atoms with Gasteiger partial charge < -0.3 is 15.2 Å². The number of benzene rings is 1. The number of amides is 1. The van der Waals surface area contributed by atoms with Crippen molar-refractivity contribution in [2.45, 2.75) is 37.9 Å². The predicted molar refractivity (Wildman–Crippen MR) is 68.0 cm³/mol. The topological polar surface area (TPSA) is 58.6 Å². The highest BCUT2D eigenvalue weighted by atomic mass is 16.5. The molecule has 0 atom stereocenters. The van der Waals surface area contributed by atoms with E-state index in [2.05, 4.69) is 5.32 Å². The van der Waals surface area contributed by atoms with Gasteiger partial charge in [0, 0.05) is 6.54 Å². The van der Waals surface area contributed by atoms with E-state index in [-0.39, 0.29) is 6.61 Å². The Hall–Kier alpha value is -1.55. The number of nitrogens with one attached hydrogen (secondary N) is 1. The molecule has 1 saturated carbocycles. The molecule has 0 saturated heterocycles. The van der Waals surface area contributed by atoms with E-state index in [9.17, 15) is 9.90 Å². The van der Waals surface area contributed by atoms with E-state index in [4.69, 9.17) is 4.74 Å². The molecule has 0 aromatic heterocycles. The van der Waals surface area contributed by atoms with Gasteiger partial charge in [0.15, 0.2) is 0 Å². The van der Waals surface area contributed by atoms with Crippen LogP contribution in [0.2, 0.25) is 0 Å². The average Bonchev–Trinajstić information content (AvgIpc) is 2.35. The molecule has 1 fully saturated rings. The molecule has 0 unspecified atom stereocenters. The molecule has 0 radical (unpaired) electrons. The lowest BCUT2D eigenvalue weighted by Crippen LogP contribution is -2.40. The van der Waals surface area contributed by atoms with Crippen molar-refractivity contribution in [3.63, 3.8) is 0 Å². The highest BCUT2D eigenvalue weighted by Gasteiger charge is 2.33. The van der Waals surface area contributed by atoms with Crippen molar-refractivity contribution < 1.29 is 14.6 Å². The van der Waals surface area contributed by atoms with Gasteiger partial charge in [-0.2, -0.15) is 0 Å². The number of alkyl carbamates (subject to hydrolysis) is 1. The second kappa shape index (κ2) is 5.87. The summed E-state index contributed by atoms with van der Waals surface area (Å²) in [6, 6.07) is 9.54. The fourth-order valence-corrected chi connectivity index (χ4v) is 2.01. The largest absolute Gasteiger partial charge is 0.445 e. The van der Waals surface area contributed by atoms with Crippen LogP contribution in [0.4, 0.5) is 4.79 Å². The van der Waals surface area contributed by atoms with Crippen molar-refractivity contribution in [1.82, 2.24) is 5.32 Å². The summed E-state index contributed by atoms with van der Waals surface area (Å²) in [5, 5.41) is 12.5. The van der Waals surface area contributed by atoms with E-state index >= 15 is 0 Å². The molecule has 0 spiro atoms. The predicted octanol–water partition coefficient (Wildman–Crippen LogP) is 2.22. The van der Waals surface area contributed by atoms with Crippen LogP contribution in [0.25, 0.3) is 0 Å². The van der Waals surface area contributed by atoms with Crippen LogP contribution in [-0.4, -0.2) is 23.3 Å². The lowest BCUT2D eigenvalue weighted by molar-refractivity contribution is -0.0392. The minimum absolute atomic E-state index is 0.275. The fourth-order valence-electron chi connectivity index (χ4n) is 2.01. The zero-order valence-electron chi connectivity index (χ0n) is 10.4. The molecule has 18 heavy (non-hydrogen) atoms. The summed E-state index contributed by atoms with van der Waals surface area (Å²) in [6.07, 6.45) is 2.94. The molecule has 98 valence electrons. The highest BCUT2D eigenvalue weighted by Crippen LogP contribution is 2.33.